The Morgan fingerprint density at radius 1 is 1.43 bits per heavy atom. The Morgan fingerprint density at radius 2 is 2.07 bits per heavy atom. The summed E-state index contributed by atoms with van der Waals surface area (Å²) in [4.78, 5) is 10.7. The van der Waals surface area contributed by atoms with E-state index in [0.717, 1.165) is 0 Å². The van der Waals surface area contributed by atoms with Crippen molar-refractivity contribution in [2.45, 2.75) is 12.4 Å². The first kappa shape index (κ1) is 11.1. The summed E-state index contributed by atoms with van der Waals surface area (Å²) in [7, 11) is 0. The number of carbonyl (C=O) groups excluding carboxylic acids is 1. The highest BCUT2D eigenvalue weighted by molar-refractivity contribution is 6.33. The zero-order valence-corrected chi connectivity index (χ0v) is 8.96. The molecule has 3 nitrogen and oxygen atoms in total. The van der Waals surface area contributed by atoms with Gasteiger partial charge < -0.3 is 0 Å². The minimum Gasteiger partial charge on any atom is -0.296 e. The van der Waals surface area contributed by atoms with Crippen LogP contribution >= 0.6 is 23.2 Å². The van der Waals surface area contributed by atoms with Crippen LogP contribution in [-0.4, -0.2) is 11.3 Å². The molecule has 0 aliphatic carbocycles. The zero-order chi connectivity index (χ0) is 10.6. The van der Waals surface area contributed by atoms with Crippen molar-refractivity contribution >= 4 is 34.7 Å². The fourth-order valence-electron chi connectivity index (χ4n) is 0.727. The summed E-state index contributed by atoms with van der Waals surface area (Å²) < 4.78 is 0. The lowest BCUT2D eigenvalue weighted by Crippen LogP contribution is -2.04. The second-order valence-electron chi connectivity index (χ2n) is 2.61. The Bertz CT molecular complexity index is 366. The number of carbonyl (C=O) groups is 1. The SMILES string of the molecule is CC(=O)C(Cl)N=Nc1ccccc1Cl. The van der Waals surface area contributed by atoms with Gasteiger partial charge in [0, 0.05) is 0 Å². The minimum atomic E-state index is -0.939. The maximum absolute atomic E-state index is 10.7. The van der Waals surface area contributed by atoms with Crippen molar-refractivity contribution in [1.82, 2.24) is 0 Å². The van der Waals surface area contributed by atoms with Crippen LogP contribution in [0.25, 0.3) is 0 Å². The first-order valence-corrected chi connectivity index (χ1v) is 4.72. The van der Waals surface area contributed by atoms with Crippen LogP contribution in [0.15, 0.2) is 34.5 Å². The van der Waals surface area contributed by atoms with E-state index in [4.69, 9.17) is 23.2 Å². The second kappa shape index (κ2) is 5.08. The molecule has 1 atom stereocenters. The first-order chi connectivity index (χ1) is 6.61. The van der Waals surface area contributed by atoms with Gasteiger partial charge in [0.2, 0.25) is 5.50 Å². The van der Waals surface area contributed by atoms with Crippen LogP contribution in [0.4, 0.5) is 5.69 Å². The van der Waals surface area contributed by atoms with E-state index in [2.05, 4.69) is 10.2 Å². The van der Waals surface area contributed by atoms with E-state index in [1.54, 1.807) is 24.3 Å². The number of rotatable bonds is 3. The molecule has 0 saturated heterocycles. The molecule has 0 N–H and O–H groups in total. The summed E-state index contributed by atoms with van der Waals surface area (Å²) >= 11 is 11.4. The molecule has 1 rings (SSSR count). The van der Waals surface area contributed by atoms with E-state index in [9.17, 15) is 4.79 Å². The molecular weight excluding hydrogens is 223 g/mol. The summed E-state index contributed by atoms with van der Waals surface area (Å²) in [5.74, 6) is -0.248. The Labute approximate surface area is 91.7 Å². The Balaban J connectivity index is 2.78. The minimum absolute atomic E-state index is 0.248. The van der Waals surface area contributed by atoms with Gasteiger partial charge in [-0.15, -0.1) is 0 Å². The van der Waals surface area contributed by atoms with Gasteiger partial charge in [0.15, 0.2) is 5.78 Å². The van der Waals surface area contributed by atoms with Crippen LogP contribution in [0, 0.1) is 0 Å². The summed E-state index contributed by atoms with van der Waals surface area (Å²) in [5.41, 5.74) is -0.438. The predicted octanol–water partition coefficient (Wildman–Crippen LogP) is 3.58. The Morgan fingerprint density at radius 3 is 2.64 bits per heavy atom. The number of benzene rings is 1. The van der Waals surface area contributed by atoms with Crippen LogP contribution in [-0.2, 0) is 4.79 Å². The highest BCUT2D eigenvalue weighted by Crippen LogP contribution is 2.24. The van der Waals surface area contributed by atoms with Crippen molar-refractivity contribution in [2.75, 3.05) is 0 Å². The molecule has 0 saturated carbocycles. The smallest absolute Gasteiger partial charge is 0.202 e. The first-order valence-electron chi connectivity index (χ1n) is 3.91. The van der Waals surface area contributed by atoms with Gasteiger partial charge in [-0.3, -0.25) is 4.79 Å². The molecule has 1 aromatic carbocycles. The van der Waals surface area contributed by atoms with Gasteiger partial charge in [0.1, 0.15) is 5.69 Å². The number of ketones is 1. The quantitative estimate of drug-likeness (QED) is 0.445. The number of azo groups is 1. The molecule has 0 heterocycles. The summed E-state index contributed by atoms with van der Waals surface area (Å²) in [5, 5.41) is 7.85. The number of alkyl halides is 1. The molecule has 74 valence electrons. The van der Waals surface area contributed by atoms with E-state index in [0.29, 0.717) is 10.7 Å². The second-order valence-corrected chi connectivity index (χ2v) is 3.43. The Kier molecular flexibility index (Phi) is 4.04. The molecule has 0 aliphatic rings. The number of halogens is 2. The van der Waals surface area contributed by atoms with Gasteiger partial charge in [-0.1, -0.05) is 35.3 Å². The third-order valence-corrected chi connectivity index (χ3v) is 2.17. The lowest BCUT2D eigenvalue weighted by Gasteiger charge is -1.97. The van der Waals surface area contributed by atoms with Crippen LogP contribution in [0.1, 0.15) is 6.92 Å². The number of hydrogen-bond acceptors (Lipinski definition) is 3. The summed E-state index contributed by atoms with van der Waals surface area (Å²) in [6.45, 7) is 1.35. The average molecular weight is 231 g/mol. The molecule has 5 heteroatoms. The van der Waals surface area contributed by atoms with Crippen LogP contribution < -0.4 is 0 Å². The van der Waals surface area contributed by atoms with Gasteiger partial charge in [0.05, 0.1) is 5.02 Å². The predicted molar refractivity (Wildman–Crippen MR) is 56.3 cm³/mol. The van der Waals surface area contributed by atoms with Crippen LogP contribution in [0.3, 0.4) is 0 Å². The van der Waals surface area contributed by atoms with Crippen molar-refractivity contribution in [3.05, 3.63) is 29.3 Å². The number of nitrogens with zero attached hydrogens (tertiary/aromatic N) is 2. The van der Waals surface area contributed by atoms with Gasteiger partial charge in [0.25, 0.3) is 0 Å². The molecule has 0 bridgehead atoms. The lowest BCUT2D eigenvalue weighted by molar-refractivity contribution is -0.116. The summed E-state index contributed by atoms with van der Waals surface area (Å²) in [6.07, 6.45) is 0. The van der Waals surface area contributed by atoms with Crippen molar-refractivity contribution in [3.8, 4) is 0 Å². The number of Topliss-reactive ketones (excluding diaryl/α,β-unsaturated/α-hetero) is 1. The normalized spacial score (nSPS) is 13.1. The maximum Gasteiger partial charge on any atom is 0.202 e. The van der Waals surface area contributed by atoms with Gasteiger partial charge in [-0.25, -0.2) is 0 Å². The molecule has 0 fully saturated rings. The van der Waals surface area contributed by atoms with Crippen LogP contribution in [0.2, 0.25) is 5.02 Å². The molecule has 1 aromatic rings. The van der Waals surface area contributed by atoms with E-state index in [-0.39, 0.29) is 5.78 Å². The van der Waals surface area contributed by atoms with Crippen molar-refractivity contribution in [2.24, 2.45) is 10.2 Å². The molecule has 0 radical (unpaired) electrons. The third kappa shape index (κ3) is 3.09. The highest BCUT2D eigenvalue weighted by Gasteiger charge is 2.07. The molecule has 1 unspecified atom stereocenters. The largest absolute Gasteiger partial charge is 0.296 e. The van der Waals surface area contributed by atoms with Crippen molar-refractivity contribution < 1.29 is 4.79 Å². The number of hydrogen-bond donors (Lipinski definition) is 0. The highest BCUT2D eigenvalue weighted by atomic mass is 35.5. The topological polar surface area (TPSA) is 41.8 Å². The fraction of sp³-hybridized carbons (Fsp3) is 0.222. The molecule has 0 aliphatic heterocycles. The molecular formula is C9H8Cl2N2O. The average Bonchev–Trinajstić information content (AvgIpc) is 2.16. The zero-order valence-electron chi connectivity index (χ0n) is 7.45. The van der Waals surface area contributed by atoms with E-state index in [1.165, 1.54) is 6.92 Å². The standard InChI is InChI=1S/C9H8Cl2N2O/c1-6(14)9(11)13-12-8-5-3-2-4-7(8)10/h2-5,9H,1H3. The molecule has 0 spiro atoms. The van der Waals surface area contributed by atoms with Gasteiger partial charge >= 0.3 is 0 Å². The van der Waals surface area contributed by atoms with E-state index >= 15 is 0 Å². The third-order valence-electron chi connectivity index (χ3n) is 1.45. The van der Waals surface area contributed by atoms with Crippen molar-refractivity contribution in [1.29, 1.82) is 0 Å². The maximum atomic E-state index is 10.7. The monoisotopic (exact) mass is 230 g/mol. The Hall–Kier alpha value is -0.930. The van der Waals surface area contributed by atoms with Crippen molar-refractivity contribution in [3.63, 3.8) is 0 Å². The lowest BCUT2D eigenvalue weighted by atomic mass is 10.3. The summed E-state index contributed by atoms with van der Waals surface area (Å²) in [6, 6.07) is 6.93. The van der Waals surface area contributed by atoms with Crippen LogP contribution in [0.5, 0.6) is 0 Å². The van der Waals surface area contributed by atoms with E-state index in [1.807, 2.05) is 0 Å². The molecule has 0 aromatic heterocycles. The molecule has 14 heavy (non-hydrogen) atoms. The molecule has 0 amide bonds. The van der Waals surface area contributed by atoms with Gasteiger partial charge in [-0.2, -0.15) is 10.2 Å². The van der Waals surface area contributed by atoms with Gasteiger partial charge in [-0.05, 0) is 19.1 Å². The fourth-order valence-corrected chi connectivity index (χ4v) is 0.944. The van der Waals surface area contributed by atoms with E-state index < -0.39 is 5.50 Å².